The number of hydrogen-bond donors (Lipinski definition) is 0. The molecular formula is C15H23SiTi+. The van der Waals surface area contributed by atoms with Gasteiger partial charge in [0.05, 0.1) is 0 Å². The van der Waals surface area contributed by atoms with E-state index in [-0.39, 0.29) is 21.7 Å². The van der Waals surface area contributed by atoms with Gasteiger partial charge in [0, 0.05) is 9.52 Å². The van der Waals surface area contributed by atoms with Gasteiger partial charge in [-0.05, 0) is 5.04 Å². The number of aryl methyl sites for hydroxylation is 1. The minimum Gasteiger partial charge on any atom is -0.198 e. The third-order valence-corrected chi connectivity index (χ3v) is 5.15. The molecule has 2 rings (SSSR count). The molecule has 0 saturated carbocycles. The van der Waals surface area contributed by atoms with Crippen molar-refractivity contribution >= 4 is 9.52 Å². The molecule has 1 aliphatic carbocycles. The average molecular weight is 279 g/mol. The van der Waals surface area contributed by atoms with Gasteiger partial charge >= 0.3 is 21.7 Å². The van der Waals surface area contributed by atoms with Crippen LogP contribution in [0.1, 0.15) is 55.9 Å². The second kappa shape index (κ2) is 5.95. The standard InChI is InChI=1S/C15H23Si.Ti/c1-11-9-12(10-16-15(2,3)4)14-8-6-5-7-13(11)14;/h9H,5-8,10H2,1-4H3;/q-1;+2. The summed E-state index contributed by atoms with van der Waals surface area (Å²) in [7, 11) is 1.05. The van der Waals surface area contributed by atoms with Crippen LogP contribution in [0, 0.1) is 6.92 Å². The number of rotatable bonds is 2. The van der Waals surface area contributed by atoms with Crippen LogP contribution in [0.4, 0.5) is 0 Å². The van der Waals surface area contributed by atoms with Crippen LogP contribution in [0.25, 0.3) is 0 Å². The Labute approximate surface area is 124 Å². The second-order valence-electron chi connectivity index (χ2n) is 6.12. The fraction of sp³-hybridized carbons (Fsp3) is 0.667. The Morgan fingerprint density at radius 1 is 1.24 bits per heavy atom. The van der Waals surface area contributed by atoms with E-state index < -0.39 is 0 Å². The van der Waals surface area contributed by atoms with E-state index in [1.165, 1.54) is 31.7 Å². The summed E-state index contributed by atoms with van der Waals surface area (Å²) in [6.07, 6.45) is 5.48. The fourth-order valence-electron chi connectivity index (χ4n) is 2.65. The predicted molar refractivity (Wildman–Crippen MR) is 72.6 cm³/mol. The molecule has 0 atom stereocenters. The summed E-state index contributed by atoms with van der Waals surface area (Å²) >= 11 is 0. The molecule has 2 radical (unpaired) electrons. The molecular weight excluding hydrogens is 256 g/mol. The smallest absolute Gasteiger partial charge is 0.198 e. The van der Waals surface area contributed by atoms with Gasteiger partial charge in [-0.15, -0.1) is 0 Å². The van der Waals surface area contributed by atoms with Crippen molar-refractivity contribution in [3.8, 4) is 0 Å². The molecule has 0 fully saturated rings. The maximum Gasteiger partial charge on any atom is 2.00 e. The molecule has 0 amide bonds. The van der Waals surface area contributed by atoms with Crippen molar-refractivity contribution in [3.05, 3.63) is 28.3 Å². The van der Waals surface area contributed by atoms with Gasteiger partial charge in [0.15, 0.2) is 0 Å². The molecule has 90 valence electrons. The van der Waals surface area contributed by atoms with Crippen molar-refractivity contribution in [3.63, 3.8) is 0 Å². The largest absolute Gasteiger partial charge is 2.00 e. The first-order valence-electron chi connectivity index (χ1n) is 6.49. The van der Waals surface area contributed by atoms with Crippen molar-refractivity contribution in [1.82, 2.24) is 0 Å². The van der Waals surface area contributed by atoms with Crippen molar-refractivity contribution in [2.75, 3.05) is 0 Å². The Morgan fingerprint density at radius 2 is 1.88 bits per heavy atom. The zero-order valence-corrected chi connectivity index (χ0v) is 14.2. The Morgan fingerprint density at radius 3 is 2.53 bits per heavy atom. The molecule has 0 nitrogen and oxygen atoms in total. The van der Waals surface area contributed by atoms with Gasteiger partial charge in [0.2, 0.25) is 0 Å². The Hall–Kier alpha value is 0.281. The van der Waals surface area contributed by atoms with Crippen LogP contribution in [0.5, 0.6) is 0 Å². The molecule has 0 aliphatic heterocycles. The van der Waals surface area contributed by atoms with E-state index in [0.29, 0.717) is 5.04 Å². The van der Waals surface area contributed by atoms with Gasteiger partial charge in [-0.3, -0.25) is 0 Å². The first kappa shape index (κ1) is 15.3. The molecule has 0 unspecified atom stereocenters. The molecule has 0 bridgehead atoms. The molecule has 0 heterocycles. The minimum absolute atomic E-state index is 0. The maximum absolute atomic E-state index is 2.47. The molecule has 17 heavy (non-hydrogen) atoms. The predicted octanol–water partition coefficient (Wildman–Crippen LogP) is 4.01. The van der Waals surface area contributed by atoms with Crippen LogP contribution in [-0.4, -0.2) is 9.52 Å². The summed E-state index contributed by atoms with van der Waals surface area (Å²) < 4.78 is 0. The molecule has 0 aromatic heterocycles. The van der Waals surface area contributed by atoms with Gasteiger partial charge in [0.1, 0.15) is 0 Å². The molecule has 0 saturated heterocycles. The van der Waals surface area contributed by atoms with Gasteiger partial charge in [-0.2, -0.15) is 28.3 Å². The zero-order chi connectivity index (χ0) is 11.8. The summed E-state index contributed by atoms with van der Waals surface area (Å²) in [6.45, 7) is 9.36. The quantitative estimate of drug-likeness (QED) is 0.567. The number of hydrogen-bond acceptors (Lipinski definition) is 0. The van der Waals surface area contributed by atoms with E-state index in [0.717, 1.165) is 9.52 Å². The van der Waals surface area contributed by atoms with Gasteiger partial charge in [-0.25, -0.2) is 0 Å². The van der Waals surface area contributed by atoms with Crippen LogP contribution in [0.2, 0.25) is 5.04 Å². The fourth-order valence-corrected chi connectivity index (χ4v) is 3.68. The van der Waals surface area contributed by atoms with Gasteiger partial charge < -0.3 is 0 Å². The van der Waals surface area contributed by atoms with Crippen LogP contribution in [-0.2, 0) is 40.6 Å². The van der Waals surface area contributed by atoms with Crippen LogP contribution >= 0.6 is 0 Å². The normalized spacial score (nSPS) is 15.3. The second-order valence-corrected chi connectivity index (χ2v) is 8.33. The summed E-state index contributed by atoms with van der Waals surface area (Å²) in [5, 5.41) is 0.493. The average Bonchev–Trinajstić information content (AvgIpc) is 2.53. The molecule has 0 spiro atoms. The van der Waals surface area contributed by atoms with Crippen LogP contribution in [0.15, 0.2) is 6.07 Å². The third-order valence-electron chi connectivity index (χ3n) is 3.53. The summed E-state index contributed by atoms with van der Waals surface area (Å²) in [4.78, 5) is 0. The minimum atomic E-state index is 0. The number of fused-ring (bicyclic) bond motifs is 1. The van der Waals surface area contributed by atoms with E-state index in [1.54, 1.807) is 22.3 Å². The van der Waals surface area contributed by atoms with Gasteiger partial charge in [0.25, 0.3) is 0 Å². The molecule has 0 N–H and O–H groups in total. The van der Waals surface area contributed by atoms with Crippen LogP contribution in [0.3, 0.4) is 0 Å². The van der Waals surface area contributed by atoms with Crippen LogP contribution < -0.4 is 0 Å². The van der Waals surface area contributed by atoms with Gasteiger partial charge in [-0.1, -0.05) is 59.4 Å². The third kappa shape index (κ3) is 3.87. The van der Waals surface area contributed by atoms with Crippen molar-refractivity contribution < 1.29 is 21.7 Å². The SMILES string of the molecule is Cc1c[c-](C[Si]C(C)(C)C)c2c1CCCC2.[Ti+2]. The molecule has 1 aromatic carbocycles. The van der Waals surface area contributed by atoms with E-state index in [4.69, 9.17) is 0 Å². The van der Waals surface area contributed by atoms with E-state index in [2.05, 4.69) is 33.8 Å². The van der Waals surface area contributed by atoms with Crippen molar-refractivity contribution in [2.45, 2.75) is 64.5 Å². The van der Waals surface area contributed by atoms with Crippen molar-refractivity contribution in [1.29, 1.82) is 0 Å². The Kier molecular flexibility index (Phi) is 5.37. The van der Waals surface area contributed by atoms with E-state index in [9.17, 15) is 0 Å². The summed E-state index contributed by atoms with van der Waals surface area (Å²) in [6, 6.07) is 3.77. The zero-order valence-electron chi connectivity index (χ0n) is 11.6. The summed E-state index contributed by atoms with van der Waals surface area (Å²) in [5.74, 6) is 0. The topological polar surface area (TPSA) is 0 Å². The first-order valence-corrected chi connectivity index (χ1v) is 7.70. The maximum atomic E-state index is 2.47. The molecule has 1 aliphatic rings. The molecule has 1 aromatic rings. The Bertz CT molecular complexity index is 371. The monoisotopic (exact) mass is 279 g/mol. The Balaban J connectivity index is 0.00000144. The first-order chi connectivity index (χ1) is 7.47. The molecule has 2 heteroatoms. The van der Waals surface area contributed by atoms with E-state index in [1.807, 2.05) is 0 Å². The van der Waals surface area contributed by atoms with E-state index >= 15 is 0 Å². The summed E-state index contributed by atoms with van der Waals surface area (Å²) in [5.41, 5.74) is 6.64. The van der Waals surface area contributed by atoms with Crippen molar-refractivity contribution in [2.24, 2.45) is 0 Å².